The van der Waals surface area contributed by atoms with Crippen molar-refractivity contribution < 1.29 is 9.90 Å². The summed E-state index contributed by atoms with van der Waals surface area (Å²) in [6, 6.07) is 17.5. The number of hydrogen-bond donors (Lipinski definition) is 2. The van der Waals surface area contributed by atoms with Crippen molar-refractivity contribution in [2.45, 2.75) is 0 Å². The summed E-state index contributed by atoms with van der Waals surface area (Å²) in [5.74, 6) is -0.490. The van der Waals surface area contributed by atoms with Gasteiger partial charge in [0, 0.05) is 4.47 Å². The average molecular weight is 367 g/mol. The van der Waals surface area contributed by atoms with Crippen molar-refractivity contribution in [2.24, 2.45) is 0 Å². The third-order valence-corrected chi connectivity index (χ3v) is 4.14. The van der Waals surface area contributed by atoms with Crippen LogP contribution < -0.4 is 5.32 Å². The summed E-state index contributed by atoms with van der Waals surface area (Å²) >= 11 is 3.33. The van der Waals surface area contributed by atoms with Crippen LogP contribution in [0.5, 0.6) is 5.75 Å². The van der Waals surface area contributed by atoms with Crippen LogP contribution in [0.2, 0.25) is 0 Å². The van der Waals surface area contributed by atoms with E-state index in [0.29, 0.717) is 21.1 Å². The first-order chi connectivity index (χ1) is 11.1. The Kier molecular flexibility index (Phi) is 4.00. The number of aromatic hydroxyl groups is 1. The number of hydrogen-bond acceptors (Lipinski definition) is 3. The topological polar surface area (TPSA) is 73.1 Å². The van der Waals surface area contributed by atoms with Crippen molar-refractivity contribution in [1.82, 2.24) is 0 Å². The number of phenolic OH excluding ortho intramolecular Hbond substituents is 1. The molecule has 0 aliphatic heterocycles. The molecule has 3 aromatic rings. The summed E-state index contributed by atoms with van der Waals surface area (Å²) in [6.45, 7) is 0. The van der Waals surface area contributed by atoms with Gasteiger partial charge in [-0.25, -0.2) is 0 Å². The van der Waals surface area contributed by atoms with Crippen molar-refractivity contribution in [3.8, 4) is 11.8 Å². The van der Waals surface area contributed by atoms with Gasteiger partial charge in [-0.2, -0.15) is 5.26 Å². The SMILES string of the molecule is N#Cc1ccc(NC(=O)c2c(O)ccc3ccccc23)c(Br)c1. The van der Waals surface area contributed by atoms with Crippen LogP contribution in [0.3, 0.4) is 0 Å². The van der Waals surface area contributed by atoms with Crippen molar-refractivity contribution in [3.63, 3.8) is 0 Å². The maximum absolute atomic E-state index is 12.6. The quantitative estimate of drug-likeness (QED) is 0.704. The predicted octanol–water partition coefficient (Wildman–Crippen LogP) is 4.43. The molecule has 0 saturated carbocycles. The lowest BCUT2D eigenvalue weighted by molar-refractivity contribution is 0.102. The number of phenols is 1. The molecule has 3 aromatic carbocycles. The van der Waals surface area contributed by atoms with Gasteiger partial charge < -0.3 is 10.4 Å². The molecule has 0 bridgehead atoms. The number of anilines is 1. The van der Waals surface area contributed by atoms with E-state index in [1.54, 1.807) is 30.3 Å². The molecular formula is C18H11BrN2O2. The molecule has 5 heteroatoms. The maximum atomic E-state index is 12.6. The van der Waals surface area contributed by atoms with Gasteiger partial charge in [0.2, 0.25) is 0 Å². The van der Waals surface area contributed by atoms with Crippen molar-refractivity contribution in [3.05, 3.63) is 70.2 Å². The molecule has 0 spiro atoms. The molecule has 3 rings (SSSR count). The van der Waals surface area contributed by atoms with Crippen LogP contribution in [0.4, 0.5) is 5.69 Å². The molecule has 2 N–H and O–H groups in total. The molecule has 0 aliphatic carbocycles. The van der Waals surface area contributed by atoms with Gasteiger partial charge in [0.25, 0.3) is 5.91 Å². The smallest absolute Gasteiger partial charge is 0.260 e. The van der Waals surface area contributed by atoms with Crippen molar-refractivity contribution in [1.29, 1.82) is 5.26 Å². The third-order valence-electron chi connectivity index (χ3n) is 3.48. The Hall–Kier alpha value is -2.84. The van der Waals surface area contributed by atoms with Crippen LogP contribution in [-0.4, -0.2) is 11.0 Å². The normalized spacial score (nSPS) is 10.3. The molecule has 0 aromatic heterocycles. The molecule has 1 amide bonds. The molecule has 0 unspecified atom stereocenters. The van der Waals surface area contributed by atoms with Crippen LogP contribution in [0.15, 0.2) is 59.1 Å². The Morgan fingerprint density at radius 2 is 1.91 bits per heavy atom. The zero-order chi connectivity index (χ0) is 16.4. The Bertz CT molecular complexity index is 961. The molecule has 23 heavy (non-hydrogen) atoms. The number of nitriles is 1. The fourth-order valence-corrected chi connectivity index (χ4v) is 2.85. The fourth-order valence-electron chi connectivity index (χ4n) is 2.37. The van der Waals surface area contributed by atoms with Crippen LogP contribution in [0.1, 0.15) is 15.9 Å². The molecule has 0 aliphatic rings. The fraction of sp³-hybridized carbons (Fsp3) is 0. The Morgan fingerprint density at radius 1 is 1.13 bits per heavy atom. The molecule has 0 heterocycles. The van der Waals surface area contributed by atoms with Crippen LogP contribution in [0.25, 0.3) is 10.8 Å². The van der Waals surface area contributed by atoms with Crippen molar-refractivity contribution >= 4 is 38.3 Å². The van der Waals surface area contributed by atoms with Gasteiger partial charge in [-0.3, -0.25) is 4.79 Å². The van der Waals surface area contributed by atoms with Gasteiger partial charge in [0.15, 0.2) is 0 Å². The van der Waals surface area contributed by atoms with Gasteiger partial charge >= 0.3 is 0 Å². The second-order valence-corrected chi connectivity index (χ2v) is 5.80. The van der Waals surface area contributed by atoms with Gasteiger partial charge in [0.1, 0.15) is 5.75 Å². The third kappa shape index (κ3) is 2.89. The zero-order valence-corrected chi connectivity index (χ0v) is 13.5. The number of amides is 1. The van der Waals surface area contributed by atoms with E-state index in [2.05, 4.69) is 21.2 Å². The summed E-state index contributed by atoms with van der Waals surface area (Å²) in [6.07, 6.45) is 0. The van der Waals surface area contributed by atoms with Crippen LogP contribution >= 0.6 is 15.9 Å². The number of carbonyl (C=O) groups excluding carboxylic acids is 1. The number of benzene rings is 3. The largest absolute Gasteiger partial charge is 0.507 e. The number of nitrogens with zero attached hydrogens (tertiary/aromatic N) is 1. The lowest BCUT2D eigenvalue weighted by Gasteiger charge is -2.11. The zero-order valence-electron chi connectivity index (χ0n) is 11.9. The minimum Gasteiger partial charge on any atom is -0.507 e. The predicted molar refractivity (Wildman–Crippen MR) is 92.4 cm³/mol. The van der Waals surface area contributed by atoms with Crippen LogP contribution in [0, 0.1) is 11.3 Å². The molecular weight excluding hydrogens is 356 g/mol. The lowest BCUT2D eigenvalue weighted by Crippen LogP contribution is -2.13. The first-order valence-electron chi connectivity index (χ1n) is 6.82. The highest BCUT2D eigenvalue weighted by atomic mass is 79.9. The minimum atomic E-state index is -0.412. The summed E-state index contributed by atoms with van der Waals surface area (Å²) in [4.78, 5) is 12.6. The summed E-state index contributed by atoms with van der Waals surface area (Å²) < 4.78 is 0.602. The van der Waals surface area contributed by atoms with Crippen LogP contribution in [-0.2, 0) is 0 Å². The summed E-state index contributed by atoms with van der Waals surface area (Å²) in [5.41, 5.74) is 1.24. The van der Waals surface area contributed by atoms with Crippen molar-refractivity contribution in [2.75, 3.05) is 5.32 Å². The van der Waals surface area contributed by atoms with Gasteiger partial charge in [-0.1, -0.05) is 30.3 Å². The van der Waals surface area contributed by atoms with E-state index in [1.807, 2.05) is 24.3 Å². The molecule has 112 valence electrons. The maximum Gasteiger partial charge on any atom is 0.260 e. The van der Waals surface area contributed by atoms with Gasteiger partial charge in [-0.15, -0.1) is 0 Å². The average Bonchev–Trinajstić information content (AvgIpc) is 2.56. The first kappa shape index (κ1) is 15.1. The van der Waals surface area contributed by atoms with Gasteiger partial charge in [0.05, 0.1) is 22.9 Å². The first-order valence-corrected chi connectivity index (χ1v) is 7.61. The standard InChI is InChI=1S/C18H11BrN2O2/c19-14-9-11(10-20)5-7-15(14)21-18(23)17-13-4-2-1-3-12(13)6-8-16(17)22/h1-9,22H,(H,21,23). The van der Waals surface area contributed by atoms with E-state index in [4.69, 9.17) is 5.26 Å². The Morgan fingerprint density at radius 3 is 2.65 bits per heavy atom. The number of rotatable bonds is 2. The Labute approximate surface area is 141 Å². The van der Waals surface area contributed by atoms with E-state index < -0.39 is 5.91 Å². The number of carbonyl (C=O) groups is 1. The molecule has 0 saturated heterocycles. The summed E-state index contributed by atoms with van der Waals surface area (Å²) in [5, 5.41) is 23.3. The molecule has 0 atom stereocenters. The lowest BCUT2D eigenvalue weighted by atomic mass is 10.0. The highest BCUT2D eigenvalue weighted by molar-refractivity contribution is 9.10. The highest BCUT2D eigenvalue weighted by Crippen LogP contribution is 2.29. The number of nitrogens with one attached hydrogen (secondary N) is 1. The van der Waals surface area contributed by atoms with E-state index in [-0.39, 0.29) is 11.3 Å². The molecule has 0 fully saturated rings. The van der Waals surface area contributed by atoms with E-state index in [9.17, 15) is 9.90 Å². The second-order valence-electron chi connectivity index (χ2n) is 4.94. The second kappa shape index (κ2) is 6.11. The number of halogens is 1. The van der Waals surface area contributed by atoms with E-state index >= 15 is 0 Å². The van der Waals surface area contributed by atoms with E-state index in [1.165, 1.54) is 6.07 Å². The van der Waals surface area contributed by atoms with Gasteiger partial charge in [-0.05, 0) is 51.0 Å². The Balaban J connectivity index is 2.02. The number of fused-ring (bicyclic) bond motifs is 1. The monoisotopic (exact) mass is 366 g/mol. The highest BCUT2D eigenvalue weighted by Gasteiger charge is 2.16. The molecule has 0 radical (unpaired) electrons. The molecule has 4 nitrogen and oxygen atoms in total. The van der Waals surface area contributed by atoms with E-state index in [0.717, 1.165) is 5.39 Å². The summed E-state index contributed by atoms with van der Waals surface area (Å²) in [7, 11) is 0. The minimum absolute atomic E-state index is 0.0778.